The SMILES string of the molecule is COC(=O)/C(C)=C/CNCCCn1ccnn1. The molecule has 0 amide bonds. The van der Waals surface area contributed by atoms with Crippen LogP contribution < -0.4 is 5.32 Å². The van der Waals surface area contributed by atoms with E-state index in [0.29, 0.717) is 12.1 Å². The van der Waals surface area contributed by atoms with Gasteiger partial charge >= 0.3 is 5.97 Å². The average Bonchev–Trinajstić information content (AvgIpc) is 2.85. The van der Waals surface area contributed by atoms with Gasteiger partial charge in [0.05, 0.1) is 13.3 Å². The summed E-state index contributed by atoms with van der Waals surface area (Å²) in [5.41, 5.74) is 0.622. The van der Waals surface area contributed by atoms with Crippen molar-refractivity contribution in [1.82, 2.24) is 20.3 Å². The maximum Gasteiger partial charge on any atom is 0.333 e. The molecule has 6 nitrogen and oxygen atoms in total. The number of aromatic nitrogens is 3. The molecule has 0 atom stereocenters. The van der Waals surface area contributed by atoms with E-state index in [1.165, 1.54) is 7.11 Å². The smallest absolute Gasteiger partial charge is 0.333 e. The topological polar surface area (TPSA) is 69.0 Å². The zero-order chi connectivity index (χ0) is 12.5. The van der Waals surface area contributed by atoms with Crippen molar-refractivity contribution in [2.24, 2.45) is 0 Å². The van der Waals surface area contributed by atoms with Crippen LogP contribution in [0.3, 0.4) is 0 Å². The molecule has 0 unspecified atom stereocenters. The van der Waals surface area contributed by atoms with Crippen molar-refractivity contribution in [2.75, 3.05) is 20.2 Å². The summed E-state index contributed by atoms with van der Waals surface area (Å²) in [4.78, 5) is 11.1. The number of methoxy groups -OCH3 is 1. The average molecular weight is 238 g/mol. The zero-order valence-electron chi connectivity index (χ0n) is 10.2. The molecule has 1 heterocycles. The Hall–Kier alpha value is -1.69. The van der Waals surface area contributed by atoms with Gasteiger partial charge in [-0.1, -0.05) is 11.3 Å². The Morgan fingerprint density at radius 1 is 1.59 bits per heavy atom. The Morgan fingerprint density at radius 3 is 3.06 bits per heavy atom. The first kappa shape index (κ1) is 13.4. The van der Waals surface area contributed by atoms with E-state index in [1.807, 2.05) is 12.3 Å². The molecule has 1 N–H and O–H groups in total. The van der Waals surface area contributed by atoms with Crippen LogP contribution in [0.4, 0.5) is 0 Å². The standard InChI is InChI=1S/C11H18N4O2/c1-10(11(16)17-2)4-6-12-5-3-8-15-9-7-13-14-15/h4,7,9,12H,3,5-6,8H2,1-2H3/b10-4+. The van der Waals surface area contributed by atoms with E-state index < -0.39 is 0 Å². The highest BCUT2D eigenvalue weighted by Gasteiger charge is 2.00. The summed E-state index contributed by atoms with van der Waals surface area (Å²) < 4.78 is 6.37. The van der Waals surface area contributed by atoms with Gasteiger partial charge in [0.1, 0.15) is 0 Å². The summed E-state index contributed by atoms with van der Waals surface area (Å²) in [7, 11) is 1.38. The van der Waals surface area contributed by atoms with Crippen molar-refractivity contribution in [1.29, 1.82) is 0 Å². The van der Waals surface area contributed by atoms with Crippen LogP contribution in [-0.2, 0) is 16.1 Å². The van der Waals surface area contributed by atoms with E-state index >= 15 is 0 Å². The van der Waals surface area contributed by atoms with E-state index in [0.717, 1.165) is 19.5 Å². The molecule has 0 bridgehead atoms. The van der Waals surface area contributed by atoms with E-state index in [1.54, 1.807) is 17.8 Å². The fraction of sp³-hybridized carbons (Fsp3) is 0.545. The molecule has 1 aromatic rings. The number of ether oxygens (including phenoxy) is 1. The number of hydrogen-bond donors (Lipinski definition) is 1. The monoisotopic (exact) mass is 238 g/mol. The third-order valence-corrected chi connectivity index (χ3v) is 2.27. The number of aryl methyl sites for hydroxylation is 1. The maximum absolute atomic E-state index is 11.1. The van der Waals surface area contributed by atoms with Crippen LogP contribution in [0.25, 0.3) is 0 Å². The summed E-state index contributed by atoms with van der Waals surface area (Å²) >= 11 is 0. The van der Waals surface area contributed by atoms with Crippen molar-refractivity contribution >= 4 is 5.97 Å². The number of carbonyl (C=O) groups is 1. The predicted molar refractivity (Wildman–Crippen MR) is 63.3 cm³/mol. The van der Waals surface area contributed by atoms with Crippen LogP contribution in [0, 0.1) is 0 Å². The molecule has 0 aliphatic rings. The van der Waals surface area contributed by atoms with Crippen molar-refractivity contribution < 1.29 is 9.53 Å². The largest absolute Gasteiger partial charge is 0.466 e. The van der Waals surface area contributed by atoms with E-state index in [-0.39, 0.29) is 5.97 Å². The molecule has 0 spiro atoms. The van der Waals surface area contributed by atoms with Crippen molar-refractivity contribution in [2.45, 2.75) is 19.9 Å². The summed E-state index contributed by atoms with van der Waals surface area (Å²) in [6.07, 6.45) is 6.28. The Morgan fingerprint density at radius 2 is 2.41 bits per heavy atom. The van der Waals surface area contributed by atoms with Crippen molar-refractivity contribution in [3.63, 3.8) is 0 Å². The van der Waals surface area contributed by atoms with Crippen molar-refractivity contribution in [3.05, 3.63) is 24.0 Å². The molecule has 0 fully saturated rings. The number of nitrogens with one attached hydrogen (secondary N) is 1. The lowest BCUT2D eigenvalue weighted by Crippen LogP contribution is -2.18. The van der Waals surface area contributed by atoms with E-state index in [2.05, 4.69) is 20.4 Å². The third-order valence-electron chi connectivity index (χ3n) is 2.27. The molecule has 0 radical (unpaired) electrons. The van der Waals surface area contributed by atoms with E-state index in [9.17, 15) is 4.79 Å². The lowest BCUT2D eigenvalue weighted by molar-refractivity contribution is -0.136. The minimum absolute atomic E-state index is 0.283. The molecule has 6 heteroatoms. The molecule has 0 aliphatic carbocycles. The number of carbonyl (C=O) groups excluding carboxylic acids is 1. The van der Waals surface area contributed by atoms with Crippen LogP contribution in [0.5, 0.6) is 0 Å². The van der Waals surface area contributed by atoms with Crippen LogP contribution in [0.1, 0.15) is 13.3 Å². The molecular weight excluding hydrogens is 220 g/mol. The highest BCUT2D eigenvalue weighted by molar-refractivity contribution is 5.87. The molecule has 0 aromatic carbocycles. The second-order valence-electron chi connectivity index (χ2n) is 3.60. The van der Waals surface area contributed by atoms with Crippen molar-refractivity contribution in [3.8, 4) is 0 Å². The van der Waals surface area contributed by atoms with Crippen LogP contribution in [0.15, 0.2) is 24.0 Å². The van der Waals surface area contributed by atoms with Gasteiger partial charge < -0.3 is 10.1 Å². The Bertz CT molecular complexity index is 360. The summed E-state index contributed by atoms with van der Waals surface area (Å²) in [6.45, 7) is 4.11. The quantitative estimate of drug-likeness (QED) is 0.422. The highest BCUT2D eigenvalue weighted by atomic mass is 16.5. The number of hydrogen-bond acceptors (Lipinski definition) is 5. The predicted octanol–water partition coefficient (Wildman–Crippen LogP) is 0.377. The lowest BCUT2D eigenvalue weighted by atomic mass is 10.3. The molecule has 1 rings (SSSR count). The van der Waals surface area contributed by atoms with Gasteiger partial charge in [-0.25, -0.2) is 4.79 Å². The Labute approximate surface area is 101 Å². The minimum atomic E-state index is -0.283. The first-order valence-corrected chi connectivity index (χ1v) is 5.54. The fourth-order valence-electron chi connectivity index (χ4n) is 1.29. The highest BCUT2D eigenvalue weighted by Crippen LogP contribution is 1.93. The molecule has 17 heavy (non-hydrogen) atoms. The molecule has 0 saturated heterocycles. The fourth-order valence-corrected chi connectivity index (χ4v) is 1.29. The summed E-state index contributed by atoms with van der Waals surface area (Å²) in [6, 6.07) is 0. The van der Waals surface area contributed by atoms with Gasteiger partial charge in [0.25, 0.3) is 0 Å². The molecule has 0 aliphatic heterocycles. The van der Waals surface area contributed by atoms with Gasteiger partial charge in [0, 0.05) is 24.9 Å². The molecule has 94 valence electrons. The first-order valence-electron chi connectivity index (χ1n) is 5.54. The van der Waals surface area contributed by atoms with Gasteiger partial charge in [0.15, 0.2) is 0 Å². The third kappa shape index (κ3) is 5.26. The zero-order valence-corrected chi connectivity index (χ0v) is 10.2. The molecule has 0 saturated carbocycles. The number of nitrogens with zero attached hydrogens (tertiary/aromatic N) is 3. The van der Waals surface area contributed by atoms with Gasteiger partial charge in [-0.05, 0) is 19.9 Å². The Balaban J connectivity index is 2.06. The Kier molecular flexibility index (Phi) is 5.95. The second-order valence-corrected chi connectivity index (χ2v) is 3.60. The lowest BCUT2D eigenvalue weighted by Gasteiger charge is -2.03. The normalized spacial score (nSPS) is 11.5. The maximum atomic E-state index is 11.1. The van der Waals surface area contributed by atoms with Gasteiger partial charge in [-0.2, -0.15) is 0 Å². The van der Waals surface area contributed by atoms with Crippen LogP contribution in [0.2, 0.25) is 0 Å². The first-order chi connectivity index (χ1) is 8.24. The molecular formula is C11H18N4O2. The van der Waals surface area contributed by atoms with Crippen LogP contribution in [-0.4, -0.2) is 41.2 Å². The summed E-state index contributed by atoms with van der Waals surface area (Å²) in [5, 5.41) is 10.8. The van der Waals surface area contributed by atoms with E-state index in [4.69, 9.17) is 0 Å². The van der Waals surface area contributed by atoms with Gasteiger partial charge in [0.2, 0.25) is 0 Å². The summed E-state index contributed by atoms with van der Waals surface area (Å²) in [5.74, 6) is -0.283. The number of rotatable bonds is 7. The van der Waals surface area contributed by atoms with Gasteiger partial charge in [-0.3, -0.25) is 4.68 Å². The van der Waals surface area contributed by atoms with Gasteiger partial charge in [-0.15, -0.1) is 5.10 Å². The number of esters is 1. The molecule has 1 aromatic heterocycles. The second kappa shape index (κ2) is 7.56. The minimum Gasteiger partial charge on any atom is -0.466 e. The van der Waals surface area contributed by atoms with Crippen LogP contribution >= 0.6 is 0 Å².